The van der Waals surface area contributed by atoms with E-state index in [-0.39, 0.29) is 17.9 Å². The molecular formula is C26H25N5O2. The minimum atomic E-state index is -0.185. The van der Waals surface area contributed by atoms with E-state index in [0.29, 0.717) is 24.3 Å². The molecule has 0 bridgehead atoms. The van der Waals surface area contributed by atoms with Crippen molar-refractivity contribution in [3.63, 3.8) is 0 Å². The first-order valence-electron chi connectivity index (χ1n) is 11.1. The first-order valence-corrected chi connectivity index (χ1v) is 11.1. The van der Waals surface area contributed by atoms with E-state index in [4.69, 9.17) is 4.98 Å². The van der Waals surface area contributed by atoms with Gasteiger partial charge < -0.3 is 14.2 Å². The molecule has 1 aliphatic heterocycles. The van der Waals surface area contributed by atoms with Crippen LogP contribution in [0, 0.1) is 0 Å². The van der Waals surface area contributed by atoms with Gasteiger partial charge in [-0.3, -0.25) is 14.6 Å². The van der Waals surface area contributed by atoms with Gasteiger partial charge in [0.15, 0.2) is 5.69 Å². The highest BCUT2D eigenvalue weighted by molar-refractivity contribution is 5.99. The summed E-state index contributed by atoms with van der Waals surface area (Å²) >= 11 is 0. The second-order valence-electron chi connectivity index (χ2n) is 8.28. The molecule has 0 saturated carbocycles. The number of carbonyl (C=O) groups is 2. The SMILES string of the molecule is CN(Cc1ccccn1)C(=O)c1nc([C@@H]2CCCN2C(=O)c2ccccc2)n2ccccc12. The molecule has 0 spiro atoms. The number of amides is 2. The Labute approximate surface area is 192 Å². The monoisotopic (exact) mass is 439 g/mol. The van der Waals surface area contributed by atoms with Gasteiger partial charge in [0.2, 0.25) is 0 Å². The standard InChI is InChI=1S/C26H25N5O2/c1-29(18-20-12-5-7-15-27-20)26(33)23-21-13-6-8-16-30(21)24(28-23)22-14-9-17-31(22)25(32)19-10-3-2-4-11-19/h2-8,10-13,15-16,22H,9,14,17-18H2,1H3/t22-/m0/s1. The molecule has 2 amide bonds. The molecule has 7 nitrogen and oxygen atoms in total. The van der Waals surface area contributed by atoms with Crippen molar-refractivity contribution in [2.75, 3.05) is 13.6 Å². The fraction of sp³-hybridized carbons (Fsp3) is 0.231. The van der Waals surface area contributed by atoms with E-state index in [0.717, 1.165) is 29.9 Å². The van der Waals surface area contributed by atoms with Gasteiger partial charge in [-0.25, -0.2) is 4.98 Å². The maximum atomic E-state index is 13.4. The molecule has 1 saturated heterocycles. The summed E-state index contributed by atoms with van der Waals surface area (Å²) in [5.74, 6) is 0.544. The van der Waals surface area contributed by atoms with Gasteiger partial charge in [-0.15, -0.1) is 0 Å². The molecular weight excluding hydrogens is 414 g/mol. The van der Waals surface area contributed by atoms with Crippen LogP contribution in [0.5, 0.6) is 0 Å². The normalized spacial score (nSPS) is 15.7. The number of likely N-dealkylation sites (tertiary alicyclic amines) is 1. The maximum Gasteiger partial charge on any atom is 0.274 e. The summed E-state index contributed by atoms with van der Waals surface area (Å²) in [6.45, 7) is 1.06. The molecule has 0 aliphatic carbocycles. The highest BCUT2D eigenvalue weighted by Crippen LogP contribution is 2.34. The third-order valence-corrected chi connectivity index (χ3v) is 6.08. The molecule has 1 atom stereocenters. The van der Waals surface area contributed by atoms with Gasteiger partial charge in [-0.05, 0) is 49.2 Å². The van der Waals surface area contributed by atoms with Crippen molar-refractivity contribution in [1.82, 2.24) is 24.2 Å². The van der Waals surface area contributed by atoms with Crippen LogP contribution in [0.4, 0.5) is 0 Å². The molecule has 4 aromatic rings. The van der Waals surface area contributed by atoms with Crippen molar-refractivity contribution in [3.8, 4) is 0 Å². The number of imidazole rings is 1. The summed E-state index contributed by atoms with van der Waals surface area (Å²) < 4.78 is 1.95. The van der Waals surface area contributed by atoms with E-state index < -0.39 is 0 Å². The molecule has 33 heavy (non-hydrogen) atoms. The molecule has 1 fully saturated rings. The second kappa shape index (κ2) is 8.86. The number of nitrogens with zero attached hydrogens (tertiary/aromatic N) is 5. The van der Waals surface area contributed by atoms with E-state index in [2.05, 4.69) is 4.98 Å². The van der Waals surface area contributed by atoms with Crippen molar-refractivity contribution >= 4 is 17.3 Å². The minimum Gasteiger partial charge on any atom is -0.334 e. The number of fused-ring (bicyclic) bond motifs is 1. The number of hydrogen-bond acceptors (Lipinski definition) is 4. The van der Waals surface area contributed by atoms with Crippen molar-refractivity contribution in [2.24, 2.45) is 0 Å². The highest BCUT2D eigenvalue weighted by Gasteiger charge is 2.35. The first-order chi connectivity index (χ1) is 16.1. The average Bonchev–Trinajstić information content (AvgIpc) is 3.49. The largest absolute Gasteiger partial charge is 0.334 e. The Hall–Kier alpha value is -4.00. The van der Waals surface area contributed by atoms with Crippen LogP contribution in [0.15, 0.2) is 79.1 Å². The van der Waals surface area contributed by atoms with Gasteiger partial charge in [0.1, 0.15) is 5.82 Å². The van der Waals surface area contributed by atoms with Gasteiger partial charge >= 0.3 is 0 Å². The van der Waals surface area contributed by atoms with Gasteiger partial charge in [-0.2, -0.15) is 0 Å². The molecule has 0 N–H and O–H groups in total. The van der Waals surface area contributed by atoms with Crippen LogP contribution < -0.4 is 0 Å². The Balaban J connectivity index is 1.48. The summed E-state index contributed by atoms with van der Waals surface area (Å²) in [4.78, 5) is 39.2. The van der Waals surface area contributed by atoms with E-state index in [1.165, 1.54) is 0 Å². The summed E-state index contributed by atoms with van der Waals surface area (Å²) in [5, 5.41) is 0. The van der Waals surface area contributed by atoms with Gasteiger partial charge in [-0.1, -0.05) is 30.3 Å². The topological polar surface area (TPSA) is 70.8 Å². The van der Waals surface area contributed by atoms with E-state index in [1.807, 2.05) is 82.2 Å². The molecule has 166 valence electrons. The summed E-state index contributed by atoms with van der Waals surface area (Å²) in [6, 6.07) is 20.5. The van der Waals surface area contributed by atoms with Crippen LogP contribution in [0.2, 0.25) is 0 Å². The van der Waals surface area contributed by atoms with Crippen LogP contribution in [-0.4, -0.2) is 49.6 Å². The molecule has 7 heteroatoms. The average molecular weight is 440 g/mol. The molecule has 4 heterocycles. The Bertz CT molecular complexity index is 1290. The van der Waals surface area contributed by atoms with Gasteiger partial charge in [0, 0.05) is 31.5 Å². The van der Waals surface area contributed by atoms with Crippen molar-refractivity contribution < 1.29 is 9.59 Å². The van der Waals surface area contributed by atoms with E-state index in [1.54, 1.807) is 18.1 Å². The Morgan fingerprint density at radius 3 is 2.61 bits per heavy atom. The molecule has 3 aromatic heterocycles. The van der Waals surface area contributed by atoms with Crippen molar-refractivity contribution in [3.05, 3.63) is 102 Å². The lowest BCUT2D eigenvalue weighted by Gasteiger charge is -2.24. The lowest BCUT2D eigenvalue weighted by Crippen LogP contribution is -2.31. The van der Waals surface area contributed by atoms with Crippen LogP contribution in [0.1, 0.15) is 51.2 Å². The Morgan fingerprint density at radius 2 is 1.82 bits per heavy atom. The van der Waals surface area contributed by atoms with Crippen LogP contribution >= 0.6 is 0 Å². The van der Waals surface area contributed by atoms with Gasteiger partial charge in [0.05, 0.1) is 23.8 Å². The van der Waals surface area contributed by atoms with Crippen molar-refractivity contribution in [2.45, 2.75) is 25.4 Å². The van der Waals surface area contributed by atoms with Crippen LogP contribution in [0.25, 0.3) is 5.52 Å². The predicted octanol–water partition coefficient (Wildman–Crippen LogP) is 3.98. The van der Waals surface area contributed by atoms with Crippen LogP contribution in [-0.2, 0) is 6.54 Å². The zero-order chi connectivity index (χ0) is 22.8. The zero-order valence-electron chi connectivity index (χ0n) is 18.5. The third-order valence-electron chi connectivity index (χ3n) is 6.08. The molecule has 5 rings (SSSR count). The lowest BCUT2D eigenvalue weighted by atomic mass is 10.1. The molecule has 0 unspecified atom stereocenters. The highest BCUT2D eigenvalue weighted by atomic mass is 16.2. The van der Waals surface area contributed by atoms with Gasteiger partial charge in [0.25, 0.3) is 11.8 Å². The number of pyridine rings is 2. The maximum absolute atomic E-state index is 13.4. The van der Waals surface area contributed by atoms with Crippen molar-refractivity contribution in [1.29, 1.82) is 0 Å². The van der Waals surface area contributed by atoms with E-state index >= 15 is 0 Å². The number of rotatable bonds is 5. The smallest absolute Gasteiger partial charge is 0.274 e. The number of aromatic nitrogens is 3. The second-order valence-corrected chi connectivity index (χ2v) is 8.28. The predicted molar refractivity (Wildman–Crippen MR) is 125 cm³/mol. The Kier molecular flexibility index (Phi) is 5.60. The fourth-order valence-electron chi connectivity index (χ4n) is 4.47. The lowest BCUT2D eigenvalue weighted by molar-refractivity contribution is 0.0729. The third kappa shape index (κ3) is 3.98. The summed E-state index contributed by atoms with van der Waals surface area (Å²) in [6.07, 6.45) is 5.34. The number of carbonyl (C=O) groups excluding carboxylic acids is 2. The molecule has 1 aromatic carbocycles. The minimum absolute atomic E-state index is 0.00840. The molecule has 1 aliphatic rings. The number of hydrogen-bond donors (Lipinski definition) is 0. The summed E-state index contributed by atoms with van der Waals surface area (Å²) in [7, 11) is 1.76. The first kappa shape index (κ1) is 20.9. The van der Waals surface area contributed by atoms with Crippen LogP contribution in [0.3, 0.4) is 0 Å². The summed E-state index contributed by atoms with van der Waals surface area (Å²) in [5.41, 5.74) is 2.61. The number of benzene rings is 1. The fourth-order valence-corrected chi connectivity index (χ4v) is 4.47. The Morgan fingerprint density at radius 1 is 1.03 bits per heavy atom. The zero-order valence-corrected chi connectivity index (χ0v) is 18.5. The molecule has 0 radical (unpaired) electrons. The van der Waals surface area contributed by atoms with E-state index in [9.17, 15) is 9.59 Å². The quantitative estimate of drug-likeness (QED) is 0.472.